The Morgan fingerprint density at radius 3 is 2.39 bits per heavy atom. The molecule has 0 aromatic heterocycles. The molecule has 0 unspecified atom stereocenters. The molecule has 2 amide bonds. The zero-order valence-corrected chi connectivity index (χ0v) is 21.0. The van der Waals surface area contributed by atoms with Crippen LogP contribution in [0.3, 0.4) is 0 Å². The molecule has 0 aliphatic carbocycles. The zero-order chi connectivity index (χ0) is 26.0. The smallest absolute Gasteiger partial charge is 0.416 e. The number of hydrogen-bond donors (Lipinski definition) is 0. The predicted octanol–water partition coefficient (Wildman–Crippen LogP) is 7.25. The first-order chi connectivity index (χ1) is 17.0. The van der Waals surface area contributed by atoms with Gasteiger partial charge in [-0.3, -0.25) is 24.6 Å². The molecule has 1 fully saturated rings. The number of imide groups is 1. The Labute approximate surface area is 220 Å². The van der Waals surface area contributed by atoms with Crippen molar-refractivity contribution in [2.75, 3.05) is 0 Å². The summed E-state index contributed by atoms with van der Waals surface area (Å²) in [7, 11) is 0. The summed E-state index contributed by atoms with van der Waals surface area (Å²) >= 11 is 2.88. The van der Waals surface area contributed by atoms with Crippen LogP contribution in [0.15, 0.2) is 71.6 Å². The van der Waals surface area contributed by atoms with Crippen molar-refractivity contribution >= 4 is 57.3 Å². The second-order valence-electron chi connectivity index (χ2n) is 7.47. The molecule has 0 radical (unpaired) electrons. The number of halogens is 4. The van der Waals surface area contributed by atoms with Crippen LogP contribution >= 0.6 is 34.4 Å². The lowest BCUT2D eigenvalue weighted by Gasteiger charge is -2.13. The fourth-order valence-corrected chi connectivity index (χ4v) is 4.47. The fourth-order valence-electron chi connectivity index (χ4n) is 3.28. The summed E-state index contributed by atoms with van der Waals surface area (Å²) in [6, 6.07) is 15.5. The highest BCUT2D eigenvalue weighted by Gasteiger charge is 2.36. The minimum Gasteiger partial charge on any atom is -0.449 e. The molecule has 1 aliphatic rings. The molecular weight excluding hydrogens is 612 g/mol. The van der Waals surface area contributed by atoms with Gasteiger partial charge < -0.3 is 4.74 Å². The number of ether oxygens (including phenoxy) is 1. The van der Waals surface area contributed by atoms with Crippen LogP contribution in [0.4, 0.5) is 23.7 Å². The summed E-state index contributed by atoms with van der Waals surface area (Å²) in [5, 5.41) is 10.9. The Balaban J connectivity index is 1.62. The van der Waals surface area contributed by atoms with Crippen molar-refractivity contribution in [3.63, 3.8) is 0 Å². The fraction of sp³-hybridized carbons (Fsp3) is 0.0833. The van der Waals surface area contributed by atoms with Gasteiger partial charge in [0.05, 0.1) is 21.9 Å². The quantitative estimate of drug-likeness (QED) is 0.124. The molecule has 12 heteroatoms. The molecule has 0 atom stereocenters. The van der Waals surface area contributed by atoms with Gasteiger partial charge in [-0.15, -0.1) is 0 Å². The van der Waals surface area contributed by atoms with E-state index in [1.165, 1.54) is 12.1 Å². The van der Waals surface area contributed by atoms with Gasteiger partial charge in [0.1, 0.15) is 5.75 Å². The van der Waals surface area contributed by atoms with Crippen LogP contribution in [0.5, 0.6) is 11.5 Å². The van der Waals surface area contributed by atoms with Gasteiger partial charge in [0.15, 0.2) is 0 Å². The molecule has 36 heavy (non-hydrogen) atoms. The Kier molecular flexibility index (Phi) is 7.36. The van der Waals surface area contributed by atoms with E-state index in [1.807, 2.05) is 24.3 Å². The first-order valence-electron chi connectivity index (χ1n) is 10.2. The van der Waals surface area contributed by atoms with E-state index in [1.54, 1.807) is 18.2 Å². The second-order valence-corrected chi connectivity index (χ2v) is 9.71. The van der Waals surface area contributed by atoms with Crippen molar-refractivity contribution in [1.29, 1.82) is 0 Å². The van der Waals surface area contributed by atoms with Crippen LogP contribution < -0.4 is 4.74 Å². The molecule has 3 aromatic rings. The third-order valence-electron chi connectivity index (χ3n) is 5.04. The van der Waals surface area contributed by atoms with Gasteiger partial charge in [-0.1, -0.05) is 30.3 Å². The molecule has 0 spiro atoms. The number of para-hydroxylation sites is 1. The number of hydrogen-bond acceptors (Lipinski definition) is 6. The maximum absolute atomic E-state index is 13.0. The lowest BCUT2D eigenvalue weighted by atomic mass is 10.1. The summed E-state index contributed by atoms with van der Waals surface area (Å²) in [6.45, 7) is 0.0921. The summed E-state index contributed by atoms with van der Waals surface area (Å²) in [5.74, 6) is -0.857. The number of benzene rings is 3. The van der Waals surface area contributed by atoms with E-state index in [2.05, 4.69) is 22.6 Å². The van der Waals surface area contributed by atoms with E-state index >= 15 is 0 Å². The molecule has 184 valence electrons. The van der Waals surface area contributed by atoms with Crippen LogP contribution in [-0.4, -0.2) is 21.0 Å². The average molecular weight is 626 g/mol. The van der Waals surface area contributed by atoms with Crippen molar-refractivity contribution in [3.8, 4) is 11.5 Å². The van der Waals surface area contributed by atoms with Gasteiger partial charge in [-0.25, -0.2) is 0 Å². The summed E-state index contributed by atoms with van der Waals surface area (Å²) in [4.78, 5) is 37.0. The normalized spacial score (nSPS) is 15.0. The maximum Gasteiger partial charge on any atom is 0.416 e. The van der Waals surface area contributed by atoms with Crippen LogP contribution in [0.1, 0.15) is 16.7 Å². The maximum atomic E-state index is 13.0. The minimum atomic E-state index is -4.76. The summed E-state index contributed by atoms with van der Waals surface area (Å²) < 4.78 is 45.6. The number of amides is 2. The number of thioether (sulfide) groups is 1. The molecule has 4 rings (SSSR count). The Bertz CT molecular complexity index is 1390. The third-order valence-corrected chi connectivity index (χ3v) is 6.66. The van der Waals surface area contributed by atoms with E-state index in [0.29, 0.717) is 17.7 Å². The highest BCUT2D eigenvalue weighted by atomic mass is 127. The number of carbonyl (C=O) groups excluding carboxylic acids is 2. The third kappa shape index (κ3) is 5.70. The topological polar surface area (TPSA) is 89.7 Å². The molecule has 1 saturated heterocycles. The van der Waals surface area contributed by atoms with Crippen LogP contribution in [0.25, 0.3) is 6.08 Å². The number of nitro benzene ring substituents is 1. The van der Waals surface area contributed by atoms with E-state index < -0.39 is 39.2 Å². The minimum absolute atomic E-state index is 0.0600. The first kappa shape index (κ1) is 25.7. The van der Waals surface area contributed by atoms with Crippen LogP contribution in [0, 0.1) is 13.7 Å². The monoisotopic (exact) mass is 626 g/mol. The van der Waals surface area contributed by atoms with E-state index in [9.17, 15) is 32.9 Å². The second kappa shape index (κ2) is 10.3. The van der Waals surface area contributed by atoms with Crippen molar-refractivity contribution in [2.45, 2.75) is 12.7 Å². The molecule has 3 aromatic carbocycles. The molecular formula is C24H14F3IN2O5S. The SMILES string of the molecule is O=C1S/C(=C/c2ccccc2Oc2ccc(C(F)(F)F)cc2[N+](=O)[O-])C(=O)N1Cc1ccc(I)cc1. The van der Waals surface area contributed by atoms with Crippen molar-refractivity contribution in [2.24, 2.45) is 0 Å². The first-order valence-corrected chi connectivity index (χ1v) is 12.0. The number of nitrogens with zero attached hydrogens (tertiary/aromatic N) is 2. The Morgan fingerprint density at radius 2 is 1.72 bits per heavy atom. The van der Waals surface area contributed by atoms with Crippen molar-refractivity contribution in [3.05, 3.63) is 102 Å². The molecule has 1 aliphatic heterocycles. The highest BCUT2D eigenvalue weighted by Crippen LogP contribution is 2.40. The van der Waals surface area contributed by atoms with Crippen molar-refractivity contribution in [1.82, 2.24) is 4.90 Å². The molecule has 7 nitrogen and oxygen atoms in total. The summed E-state index contributed by atoms with van der Waals surface area (Å²) in [6.07, 6.45) is -3.35. The molecule has 1 heterocycles. The number of alkyl halides is 3. The highest BCUT2D eigenvalue weighted by molar-refractivity contribution is 14.1. The standard InChI is InChI=1S/C24H14F3IN2O5S/c25-24(26,27)16-7-10-20(18(12-16)30(33)34)35-19-4-2-1-3-15(19)11-21-22(31)29(23(32)36-21)13-14-5-8-17(28)9-6-14/h1-12H,13H2/b21-11+. The van der Waals surface area contributed by atoms with Crippen molar-refractivity contribution < 1.29 is 32.4 Å². The lowest BCUT2D eigenvalue weighted by Crippen LogP contribution is -2.27. The largest absolute Gasteiger partial charge is 0.449 e. The van der Waals surface area contributed by atoms with Gasteiger partial charge in [-0.05, 0) is 76.3 Å². The number of rotatable bonds is 6. The van der Waals surface area contributed by atoms with Gasteiger partial charge in [0.25, 0.3) is 11.1 Å². The molecule has 0 N–H and O–H groups in total. The Hall–Kier alpha value is -3.39. The van der Waals surface area contributed by atoms with E-state index in [0.717, 1.165) is 31.9 Å². The van der Waals surface area contributed by atoms with Gasteiger partial charge in [-0.2, -0.15) is 13.2 Å². The summed E-state index contributed by atoms with van der Waals surface area (Å²) in [5.41, 5.74) is -0.960. The molecule has 0 saturated carbocycles. The average Bonchev–Trinajstić information content (AvgIpc) is 3.08. The number of nitro groups is 1. The predicted molar refractivity (Wildman–Crippen MR) is 135 cm³/mol. The van der Waals surface area contributed by atoms with Gasteiger partial charge >= 0.3 is 11.9 Å². The van der Waals surface area contributed by atoms with Gasteiger partial charge in [0, 0.05) is 15.2 Å². The van der Waals surface area contributed by atoms with Crippen LogP contribution in [-0.2, 0) is 17.5 Å². The van der Waals surface area contributed by atoms with Gasteiger partial charge in [0.2, 0.25) is 5.75 Å². The molecule has 0 bridgehead atoms. The Morgan fingerprint density at radius 1 is 1.03 bits per heavy atom. The number of carbonyl (C=O) groups is 2. The van der Waals surface area contributed by atoms with Crippen LogP contribution in [0.2, 0.25) is 0 Å². The zero-order valence-electron chi connectivity index (χ0n) is 18.0. The van der Waals surface area contributed by atoms with E-state index in [-0.39, 0.29) is 17.2 Å². The van der Waals surface area contributed by atoms with E-state index in [4.69, 9.17) is 4.74 Å². The lowest BCUT2D eigenvalue weighted by molar-refractivity contribution is -0.385.